The summed E-state index contributed by atoms with van der Waals surface area (Å²) in [6.07, 6.45) is 3.27. The summed E-state index contributed by atoms with van der Waals surface area (Å²) in [6, 6.07) is -0.524. The van der Waals surface area contributed by atoms with Crippen LogP contribution in [0.4, 0.5) is 0 Å². The van der Waals surface area contributed by atoms with Crippen LogP contribution >= 0.6 is 0 Å². The zero-order valence-corrected chi connectivity index (χ0v) is 6.62. The first-order valence-corrected chi connectivity index (χ1v) is 3.41. The molecule has 0 saturated heterocycles. The molecule has 0 aliphatic heterocycles. The molecular weight excluding hydrogens is 158 g/mol. The molecule has 1 heterocycles. The van der Waals surface area contributed by atoms with Gasteiger partial charge in [0, 0.05) is 23.7 Å². The van der Waals surface area contributed by atoms with Gasteiger partial charge in [-0.1, -0.05) is 5.11 Å². The van der Waals surface area contributed by atoms with Gasteiger partial charge < -0.3 is 5.11 Å². The van der Waals surface area contributed by atoms with Crippen molar-refractivity contribution in [1.29, 1.82) is 0 Å². The zero-order valence-electron chi connectivity index (χ0n) is 6.62. The fraction of sp³-hybridized carbons (Fsp3) is 0.500. The fourth-order valence-electron chi connectivity index (χ4n) is 0.883. The molecule has 0 aliphatic carbocycles. The van der Waals surface area contributed by atoms with Gasteiger partial charge in [-0.25, -0.2) is 0 Å². The summed E-state index contributed by atoms with van der Waals surface area (Å²) in [4.78, 5) is 2.62. The Morgan fingerprint density at radius 1 is 1.92 bits per heavy atom. The number of aryl methyl sites for hydroxylation is 1. The van der Waals surface area contributed by atoms with Gasteiger partial charge in [0.2, 0.25) is 0 Å². The minimum atomic E-state index is -0.524. The van der Waals surface area contributed by atoms with Crippen LogP contribution in [0.2, 0.25) is 0 Å². The molecular formula is C6H9N5O. The lowest BCUT2D eigenvalue weighted by atomic mass is 10.2. The Labute approximate surface area is 69.1 Å². The highest BCUT2D eigenvalue weighted by molar-refractivity contribution is 5.10. The molecule has 0 aromatic carbocycles. The Kier molecular flexibility index (Phi) is 2.68. The molecule has 1 N–H and O–H groups in total. The molecule has 0 saturated carbocycles. The number of rotatable bonds is 3. The highest BCUT2D eigenvalue weighted by Crippen LogP contribution is 2.15. The van der Waals surface area contributed by atoms with Gasteiger partial charge in [0.05, 0.1) is 18.8 Å². The summed E-state index contributed by atoms with van der Waals surface area (Å²) >= 11 is 0. The third-order valence-corrected chi connectivity index (χ3v) is 1.47. The second-order valence-corrected chi connectivity index (χ2v) is 2.35. The van der Waals surface area contributed by atoms with E-state index in [-0.39, 0.29) is 6.61 Å². The minimum Gasteiger partial charge on any atom is -0.396 e. The molecule has 0 amide bonds. The van der Waals surface area contributed by atoms with Gasteiger partial charge in [-0.15, -0.1) is 0 Å². The predicted molar refractivity (Wildman–Crippen MR) is 42.2 cm³/mol. The Hall–Kier alpha value is -1.52. The second kappa shape index (κ2) is 3.75. The maximum absolute atomic E-state index is 8.82. The van der Waals surface area contributed by atoms with Crippen LogP contribution in [0.25, 0.3) is 10.4 Å². The van der Waals surface area contributed by atoms with Gasteiger partial charge in [-0.3, -0.25) is 4.68 Å². The number of aliphatic hydroxyl groups excluding tert-OH is 1. The molecule has 1 rings (SSSR count). The maximum atomic E-state index is 8.82. The number of hydrogen-bond donors (Lipinski definition) is 1. The summed E-state index contributed by atoms with van der Waals surface area (Å²) in [6.45, 7) is -0.199. The molecule has 64 valence electrons. The van der Waals surface area contributed by atoms with Gasteiger partial charge in [-0.2, -0.15) is 5.10 Å². The number of aliphatic hydroxyl groups is 1. The van der Waals surface area contributed by atoms with Gasteiger partial charge in [-0.05, 0) is 5.53 Å². The SMILES string of the molecule is Cn1cc(C(CO)N=[N+]=[N-])cn1. The highest BCUT2D eigenvalue weighted by Gasteiger charge is 2.08. The minimum absolute atomic E-state index is 0.199. The number of azide groups is 1. The van der Waals surface area contributed by atoms with Crippen molar-refractivity contribution in [3.63, 3.8) is 0 Å². The van der Waals surface area contributed by atoms with E-state index in [2.05, 4.69) is 15.1 Å². The van der Waals surface area contributed by atoms with E-state index in [1.54, 1.807) is 24.1 Å². The summed E-state index contributed by atoms with van der Waals surface area (Å²) in [5.41, 5.74) is 8.88. The van der Waals surface area contributed by atoms with Crippen molar-refractivity contribution in [3.8, 4) is 0 Å². The topological polar surface area (TPSA) is 86.8 Å². The van der Waals surface area contributed by atoms with Crippen molar-refractivity contribution < 1.29 is 5.11 Å². The lowest BCUT2D eigenvalue weighted by Gasteiger charge is -2.01. The number of aromatic nitrogens is 2. The third kappa shape index (κ3) is 1.75. The van der Waals surface area contributed by atoms with Crippen molar-refractivity contribution in [2.24, 2.45) is 12.2 Å². The van der Waals surface area contributed by atoms with Gasteiger partial charge in [0.15, 0.2) is 0 Å². The summed E-state index contributed by atoms with van der Waals surface area (Å²) in [7, 11) is 1.76. The average Bonchev–Trinajstić information content (AvgIpc) is 2.47. The van der Waals surface area contributed by atoms with Crippen LogP contribution in [0, 0.1) is 0 Å². The smallest absolute Gasteiger partial charge is 0.0886 e. The molecule has 12 heavy (non-hydrogen) atoms. The lowest BCUT2D eigenvalue weighted by molar-refractivity contribution is 0.268. The van der Waals surface area contributed by atoms with Crippen molar-refractivity contribution in [2.75, 3.05) is 6.61 Å². The second-order valence-electron chi connectivity index (χ2n) is 2.35. The lowest BCUT2D eigenvalue weighted by Crippen LogP contribution is -1.98. The zero-order chi connectivity index (χ0) is 8.97. The molecule has 0 bridgehead atoms. The monoisotopic (exact) mass is 167 g/mol. The first-order valence-electron chi connectivity index (χ1n) is 3.41. The molecule has 0 fully saturated rings. The first kappa shape index (κ1) is 8.58. The quantitative estimate of drug-likeness (QED) is 0.409. The van der Waals surface area contributed by atoms with E-state index in [0.29, 0.717) is 0 Å². The average molecular weight is 167 g/mol. The first-order chi connectivity index (χ1) is 5.77. The van der Waals surface area contributed by atoms with Crippen molar-refractivity contribution >= 4 is 0 Å². The standard InChI is InChI=1S/C6H9N5O/c1-11-3-5(2-8-11)6(4-12)9-10-7/h2-3,6,12H,4H2,1H3. The van der Waals surface area contributed by atoms with E-state index in [1.165, 1.54) is 0 Å². The maximum Gasteiger partial charge on any atom is 0.0886 e. The molecule has 1 unspecified atom stereocenters. The van der Waals surface area contributed by atoms with Crippen molar-refractivity contribution in [3.05, 3.63) is 28.4 Å². The Morgan fingerprint density at radius 2 is 2.67 bits per heavy atom. The van der Waals surface area contributed by atoms with E-state index in [4.69, 9.17) is 10.6 Å². The molecule has 6 heteroatoms. The van der Waals surface area contributed by atoms with E-state index < -0.39 is 6.04 Å². The van der Waals surface area contributed by atoms with E-state index in [9.17, 15) is 0 Å². The van der Waals surface area contributed by atoms with Crippen molar-refractivity contribution in [1.82, 2.24) is 9.78 Å². The van der Waals surface area contributed by atoms with Crippen LogP contribution in [0.5, 0.6) is 0 Å². The van der Waals surface area contributed by atoms with Crippen LogP contribution in [0.15, 0.2) is 17.5 Å². The van der Waals surface area contributed by atoms with E-state index >= 15 is 0 Å². The molecule has 0 spiro atoms. The molecule has 0 radical (unpaired) electrons. The van der Waals surface area contributed by atoms with Gasteiger partial charge in [0.1, 0.15) is 0 Å². The van der Waals surface area contributed by atoms with Crippen LogP contribution in [-0.2, 0) is 7.05 Å². The molecule has 0 aliphatic rings. The fourth-order valence-corrected chi connectivity index (χ4v) is 0.883. The van der Waals surface area contributed by atoms with Crippen LogP contribution in [0.3, 0.4) is 0 Å². The molecule has 1 atom stereocenters. The van der Waals surface area contributed by atoms with Crippen LogP contribution in [0.1, 0.15) is 11.6 Å². The van der Waals surface area contributed by atoms with Crippen LogP contribution in [-0.4, -0.2) is 21.5 Å². The summed E-state index contributed by atoms with van der Waals surface area (Å²) in [5, 5.41) is 16.1. The summed E-state index contributed by atoms with van der Waals surface area (Å²) in [5.74, 6) is 0. The van der Waals surface area contributed by atoms with E-state index in [1.807, 2.05) is 0 Å². The third-order valence-electron chi connectivity index (χ3n) is 1.47. The number of hydrogen-bond acceptors (Lipinski definition) is 3. The number of nitrogens with zero attached hydrogens (tertiary/aromatic N) is 5. The predicted octanol–water partition coefficient (Wildman–Crippen LogP) is 0.764. The van der Waals surface area contributed by atoms with Gasteiger partial charge >= 0.3 is 0 Å². The molecule has 6 nitrogen and oxygen atoms in total. The Morgan fingerprint density at radius 3 is 3.08 bits per heavy atom. The largest absolute Gasteiger partial charge is 0.396 e. The van der Waals surface area contributed by atoms with Gasteiger partial charge in [0.25, 0.3) is 0 Å². The summed E-state index contributed by atoms with van der Waals surface area (Å²) < 4.78 is 1.59. The molecule has 1 aromatic rings. The highest BCUT2D eigenvalue weighted by atomic mass is 16.3. The Balaban J connectivity index is 2.86. The molecule has 1 aromatic heterocycles. The van der Waals surface area contributed by atoms with Crippen molar-refractivity contribution in [2.45, 2.75) is 6.04 Å². The van der Waals surface area contributed by atoms with E-state index in [0.717, 1.165) is 5.56 Å². The normalized spacial score (nSPS) is 12.2. The Bertz CT molecular complexity index is 301. The van der Waals surface area contributed by atoms with Crippen LogP contribution < -0.4 is 0 Å².